The Morgan fingerprint density at radius 3 is 2.26 bits per heavy atom. The van der Waals surface area contributed by atoms with Gasteiger partial charge in [-0.15, -0.1) is 0 Å². The van der Waals surface area contributed by atoms with E-state index in [0.29, 0.717) is 10.3 Å². The first kappa shape index (κ1) is 21.5. The van der Waals surface area contributed by atoms with Crippen molar-refractivity contribution in [3.8, 4) is 5.88 Å². The molecule has 0 atom stereocenters. The Labute approximate surface area is 199 Å². The second-order valence-electron chi connectivity index (χ2n) is 7.83. The van der Waals surface area contributed by atoms with Crippen molar-refractivity contribution in [1.82, 2.24) is 14.5 Å². The molecule has 2 N–H and O–H groups in total. The minimum Gasteiger partial charge on any atom is -0.449 e. The van der Waals surface area contributed by atoms with Crippen LogP contribution in [0.4, 0.5) is 4.79 Å². The number of H-pyrrole nitrogens is 1. The van der Waals surface area contributed by atoms with Gasteiger partial charge >= 0.3 is 11.8 Å². The van der Waals surface area contributed by atoms with Crippen molar-refractivity contribution in [2.24, 2.45) is 0 Å². The van der Waals surface area contributed by atoms with E-state index in [0.717, 1.165) is 27.8 Å². The van der Waals surface area contributed by atoms with Gasteiger partial charge in [-0.3, -0.25) is 9.55 Å². The molecule has 0 spiro atoms. The van der Waals surface area contributed by atoms with Crippen LogP contribution in [0.25, 0.3) is 12.2 Å². The summed E-state index contributed by atoms with van der Waals surface area (Å²) in [5, 5.41) is 8.85. The standard InChI is InChI=1S/C26H19N3O4S/c30-25-28-24(34)21(15-29(25)14-18-8-5-11-22(27-18)33-26(31)32)23-19-9-3-1-6-16(19)12-13-17-7-2-4-10-20(17)23/h1-13,15,23H,14H2,(H,31,32)(H,28,30,34). The van der Waals surface area contributed by atoms with Crippen molar-refractivity contribution < 1.29 is 14.6 Å². The van der Waals surface area contributed by atoms with Crippen LogP contribution in [0.15, 0.2) is 77.7 Å². The maximum atomic E-state index is 12.8. The molecule has 0 bridgehead atoms. The van der Waals surface area contributed by atoms with E-state index in [1.54, 1.807) is 18.3 Å². The molecule has 168 valence electrons. The van der Waals surface area contributed by atoms with Crippen LogP contribution >= 0.6 is 12.2 Å². The number of ether oxygens (including phenoxy) is 1. The molecule has 0 aliphatic heterocycles. The first-order valence-corrected chi connectivity index (χ1v) is 11.0. The summed E-state index contributed by atoms with van der Waals surface area (Å²) in [6, 6.07) is 21.0. The molecule has 0 saturated carbocycles. The fourth-order valence-corrected chi connectivity index (χ4v) is 4.51. The Morgan fingerprint density at radius 1 is 0.971 bits per heavy atom. The highest BCUT2D eigenvalue weighted by atomic mass is 32.1. The van der Waals surface area contributed by atoms with Gasteiger partial charge < -0.3 is 9.84 Å². The van der Waals surface area contributed by atoms with Crippen LogP contribution in [-0.4, -0.2) is 25.8 Å². The Morgan fingerprint density at radius 2 is 1.62 bits per heavy atom. The molecule has 0 radical (unpaired) electrons. The smallest absolute Gasteiger partial charge is 0.449 e. The summed E-state index contributed by atoms with van der Waals surface area (Å²) in [4.78, 5) is 30.6. The van der Waals surface area contributed by atoms with Crippen LogP contribution in [0.2, 0.25) is 0 Å². The van der Waals surface area contributed by atoms with Crippen molar-refractivity contribution in [1.29, 1.82) is 0 Å². The van der Waals surface area contributed by atoms with E-state index in [9.17, 15) is 9.59 Å². The molecule has 2 aromatic heterocycles. The SMILES string of the molecule is O=C(O)Oc1cccc(Cn2cc(C3c4ccccc4C=Cc4ccccc43)c(=S)[nH]c2=O)n1. The van der Waals surface area contributed by atoms with Crippen molar-refractivity contribution in [3.05, 3.63) is 122 Å². The molecule has 8 heteroatoms. The Kier molecular flexibility index (Phi) is 5.65. The first-order chi connectivity index (χ1) is 16.5. The van der Waals surface area contributed by atoms with Crippen molar-refractivity contribution >= 4 is 30.5 Å². The number of hydrogen-bond donors (Lipinski definition) is 2. The highest BCUT2D eigenvalue weighted by molar-refractivity contribution is 7.71. The predicted octanol–water partition coefficient (Wildman–Crippen LogP) is 5.07. The number of hydrogen-bond acceptors (Lipinski definition) is 5. The second-order valence-corrected chi connectivity index (χ2v) is 8.24. The summed E-state index contributed by atoms with van der Waals surface area (Å²) < 4.78 is 6.50. The summed E-state index contributed by atoms with van der Waals surface area (Å²) in [7, 11) is 0. The van der Waals surface area contributed by atoms with Crippen molar-refractivity contribution in [3.63, 3.8) is 0 Å². The molecule has 1 aliphatic carbocycles. The van der Waals surface area contributed by atoms with Crippen LogP contribution in [0.3, 0.4) is 0 Å². The molecule has 0 unspecified atom stereocenters. The van der Waals surface area contributed by atoms with E-state index in [1.165, 1.54) is 10.6 Å². The van der Waals surface area contributed by atoms with Crippen LogP contribution in [0.5, 0.6) is 5.88 Å². The molecule has 2 heterocycles. The Hall–Kier alpha value is -4.30. The molecule has 34 heavy (non-hydrogen) atoms. The fourth-order valence-electron chi connectivity index (χ4n) is 4.25. The molecule has 0 fully saturated rings. The molecule has 1 aliphatic rings. The zero-order chi connectivity index (χ0) is 23.7. The summed E-state index contributed by atoms with van der Waals surface area (Å²) in [6.07, 6.45) is 4.49. The number of pyridine rings is 1. The summed E-state index contributed by atoms with van der Waals surface area (Å²) in [5.74, 6) is -0.243. The van der Waals surface area contributed by atoms with Gasteiger partial charge in [-0.25, -0.2) is 14.6 Å². The minimum atomic E-state index is -1.45. The van der Waals surface area contributed by atoms with Gasteiger partial charge in [0.1, 0.15) is 4.64 Å². The van der Waals surface area contributed by atoms with Gasteiger partial charge in [-0.2, -0.15) is 0 Å². The summed E-state index contributed by atoms with van der Waals surface area (Å²) in [5.41, 5.74) is 5.21. The predicted molar refractivity (Wildman–Crippen MR) is 131 cm³/mol. The van der Waals surface area contributed by atoms with Gasteiger partial charge in [0.2, 0.25) is 5.88 Å². The van der Waals surface area contributed by atoms with Crippen LogP contribution in [0, 0.1) is 4.64 Å². The maximum absolute atomic E-state index is 12.8. The van der Waals surface area contributed by atoms with E-state index < -0.39 is 6.16 Å². The Balaban J connectivity index is 1.63. The maximum Gasteiger partial charge on any atom is 0.512 e. The quantitative estimate of drug-likeness (QED) is 0.282. The fraction of sp³-hybridized carbons (Fsp3) is 0.0769. The Bertz CT molecular complexity index is 1500. The van der Waals surface area contributed by atoms with Crippen LogP contribution < -0.4 is 10.4 Å². The van der Waals surface area contributed by atoms with Gasteiger partial charge in [0.05, 0.1) is 12.2 Å². The zero-order valence-corrected chi connectivity index (χ0v) is 18.7. The van der Waals surface area contributed by atoms with Crippen molar-refractivity contribution in [2.75, 3.05) is 0 Å². The number of nitrogens with zero attached hydrogens (tertiary/aromatic N) is 2. The number of rotatable bonds is 4. The topological polar surface area (TPSA) is 97.2 Å². The average molecular weight is 470 g/mol. The molecule has 2 aromatic carbocycles. The number of nitrogens with one attached hydrogen (secondary N) is 1. The summed E-state index contributed by atoms with van der Waals surface area (Å²) in [6.45, 7) is 0.114. The lowest BCUT2D eigenvalue weighted by molar-refractivity contribution is 0.142. The van der Waals surface area contributed by atoms with Gasteiger partial charge in [-0.1, -0.05) is 79.0 Å². The molecule has 0 amide bonds. The van der Waals surface area contributed by atoms with Gasteiger partial charge in [0.25, 0.3) is 0 Å². The lowest BCUT2D eigenvalue weighted by Gasteiger charge is -2.22. The summed E-state index contributed by atoms with van der Waals surface area (Å²) >= 11 is 5.62. The van der Waals surface area contributed by atoms with Gasteiger partial charge in [0, 0.05) is 23.7 Å². The molecule has 0 saturated heterocycles. The molecule has 4 aromatic rings. The van der Waals surface area contributed by atoms with E-state index in [1.807, 2.05) is 24.3 Å². The number of aromatic nitrogens is 3. The van der Waals surface area contributed by atoms with Gasteiger partial charge in [-0.05, 0) is 28.3 Å². The third-order valence-corrected chi connectivity index (χ3v) is 6.05. The lowest BCUT2D eigenvalue weighted by atomic mass is 9.83. The van der Waals surface area contributed by atoms with E-state index in [2.05, 4.69) is 51.1 Å². The number of aromatic amines is 1. The number of fused-ring (bicyclic) bond motifs is 2. The lowest BCUT2D eigenvalue weighted by Crippen LogP contribution is -2.25. The number of carboxylic acid groups (broad SMARTS) is 1. The molecule has 7 nitrogen and oxygen atoms in total. The number of carbonyl (C=O) groups is 1. The van der Waals surface area contributed by atoms with E-state index in [-0.39, 0.29) is 24.0 Å². The molecule has 5 rings (SSSR count). The first-order valence-electron chi connectivity index (χ1n) is 10.6. The molecular formula is C26H19N3O4S. The van der Waals surface area contributed by atoms with Crippen LogP contribution in [-0.2, 0) is 6.54 Å². The highest BCUT2D eigenvalue weighted by Gasteiger charge is 2.25. The number of benzene rings is 2. The second kappa shape index (κ2) is 8.92. The van der Waals surface area contributed by atoms with E-state index >= 15 is 0 Å². The van der Waals surface area contributed by atoms with Gasteiger partial charge in [0.15, 0.2) is 0 Å². The third kappa shape index (κ3) is 4.18. The normalized spacial score (nSPS) is 12.5. The van der Waals surface area contributed by atoms with E-state index in [4.69, 9.17) is 17.3 Å². The monoisotopic (exact) mass is 469 g/mol. The van der Waals surface area contributed by atoms with Crippen LogP contribution in [0.1, 0.15) is 39.4 Å². The third-order valence-electron chi connectivity index (χ3n) is 5.71. The zero-order valence-electron chi connectivity index (χ0n) is 17.8. The largest absolute Gasteiger partial charge is 0.512 e. The van der Waals surface area contributed by atoms with Crippen molar-refractivity contribution in [2.45, 2.75) is 12.5 Å². The minimum absolute atomic E-state index is 0.0557. The average Bonchev–Trinajstić information content (AvgIpc) is 2.98. The highest BCUT2D eigenvalue weighted by Crippen LogP contribution is 2.39. The molecular weight excluding hydrogens is 450 g/mol.